The Bertz CT molecular complexity index is 784. The third kappa shape index (κ3) is 4.44. The number of carbonyl (C=O) groups excluding carboxylic acids is 2. The molecule has 0 atom stereocenters. The summed E-state index contributed by atoms with van der Waals surface area (Å²) < 4.78 is 10.3. The second-order valence-electron chi connectivity index (χ2n) is 5.04. The van der Waals surface area contributed by atoms with E-state index in [0.717, 1.165) is 0 Å². The highest BCUT2D eigenvalue weighted by Crippen LogP contribution is 2.28. The van der Waals surface area contributed by atoms with Gasteiger partial charge in [-0.25, -0.2) is 4.79 Å². The lowest BCUT2D eigenvalue weighted by molar-refractivity contribution is 0.0515. The largest absolute Gasteiger partial charge is 0.493 e. The van der Waals surface area contributed by atoms with Crippen molar-refractivity contribution in [2.75, 3.05) is 14.2 Å². The van der Waals surface area contributed by atoms with E-state index < -0.39 is 5.97 Å². The van der Waals surface area contributed by atoms with Gasteiger partial charge in [0, 0.05) is 5.56 Å². The summed E-state index contributed by atoms with van der Waals surface area (Å²) in [5, 5.41) is 3.74. The van der Waals surface area contributed by atoms with Crippen molar-refractivity contribution in [2.24, 2.45) is 5.16 Å². The lowest BCUT2D eigenvalue weighted by Crippen LogP contribution is -2.15. The SMILES string of the molecule is CC/C(=N\OC(=O)c1ccccc1)C(=O)c1ccc(OC)c(OC)c1. The predicted octanol–water partition coefficient (Wildman–Crippen LogP) is 3.51. The maximum absolute atomic E-state index is 12.6. The summed E-state index contributed by atoms with van der Waals surface area (Å²) in [6.45, 7) is 1.76. The summed E-state index contributed by atoms with van der Waals surface area (Å²) in [4.78, 5) is 29.4. The number of oxime groups is 1. The fourth-order valence-corrected chi connectivity index (χ4v) is 2.13. The first kappa shape index (κ1) is 18.2. The zero-order valence-electron chi connectivity index (χ0n) is 14.3. The topological polar surface area (TPSA) is 74.2 Å². The summed E-state index contributed by atoms with van der Waals surface area (Å²) in [6.07, 6.45) is 0.315. The number of rotatable bonds is 7. The molecule has 0 aromatic heterocycles. The second kappa shape index (κ2) is 8.63. The third-order valence-corrected chi connectivity index (χ3v) is 3.49. The van der Waals surface area contributed by atoms with Gasteiger partial charge in [-0.1, -0.05) is 30.3 Å². The summed E-state index contributed by atoms with van der Waals surface area (Å²) >= 11 is 0. The molecule has 0 amide bonds. The molecule has 0 fully saturated rings. The molecule has 2 rings (SSSR count). The predicted molar refractivity (Wildman–Crippen MR) is 93.5 cm³/mol. The molecule has 0 aliphatic heterocycles. The molecule has 0 bridgehead atoms. The second-order valence-corrected chi connectivity index (χ2v) is 5.04. The van der Waals surface area contributed by atoms with Crippen LogP contribution in [0.5, 0.6) is 11.5 Å². The number of Topliss-reactive ketones (excluding diaryl/α,β-unsaturated/α-hetero) is 1. The Balaban J connectivity index is 2.19. The number of nitrogens with zero attached hydrogens (tertiary/aromatic N) is 1. The fourth-order valence-electron chi connectivity index (χ4n) is 2.13. The highest BCUT2D eigenvalue weighted by Gasteiger charge is 2.17. The van der Waals surface area contributed by atoms with E-state index in [1.165, 1.54) is 14.2 Å². The zero-order chi connectivity index (χ0) is 18.2. The summed E-state index contributed by atoms with van der Waals surface area (Å²) in [5.41, 5.74) is 0.866. The Labute approximate surface area is 146 Å². The zero-order valence-corrected chi connectivity index (χ0v) is 14.3. The minimum Gasteiger partial charge on any atom is -0.493 e. The average Bonchev–Trinajstić information content (AvgIpc) is 2.68. The molecule has 6 heteroatoms. The van der Waals surface area contributed by atoms with Gasteiger partial charge in [-0.2, -0.15) is 0 Å². The van der Waals surface area contributed by atoms with Gasteiger partial charge < -0.3 is 14.3 Å². The number of carbonyl (C=O) groups is 2. The number of hydrogen-bond acceptors (Lipinski definition) is 6. The Morgan fingerprint density at radius 3 is 2.20 bits per heavy atom. The monoisotopic (exact) mass is 341 g/mol. The van der Waals surface area contributed by atoms with Crippen molar-refractivity contribution in [2.45, 2.75) is 13.3 Å². The lowest BCUT2D eigenvalue weighted by atomic mass is 10.0. The highest BCUT2D eigenvalue weighted by molar-refractivity contribution is 6.45. The molecule has 2 aromatic carbocycles. The van der Waals surface area contributed by atoms with Gasteiger partial charge in [0.25, 0.3) is 0 Å². The molecule has 25 heavy (non-hydrogen) atoms. The molecule has 0 heterocycles. The van der Waals surface area contributed by atoms with Gasteiger partial charge in [0.1, 0.15) is 5.71 Å². The van der Waals surface area contributed by atoms with Gasteiger partial charge in [-0.05, 0) is 36.8 Å². The van der Waals surface area contributed by atoms with Gasteiger partial charge in [-0.3, -0.25) is 4.79 Å². The number of benzene rings is 2. The Morgan fingerprint density at radius 2 is 1.60 bits per heavy atom. The smallest absolute Gasteiger partial charge is 0.365 e. The van der Waals surface area contributed by atoms with Crippen LogP contribution in [0.3, 0.4) is 0 Å². The van der Waals surface area contributed by atoms with Crippen LogP contribution in [0, 0.1) is 0 Å². The minimum absolute atomic E-state index is 0.136. The van der Waals surface area contributed by atoms with E-state index in [2.05, 4.69) is 5.16 Å². The summed E-state index contributed by atoms with van der Waals surface area (Å²) in [7, 11) is 3.00. The van der Waals surface area contributed by atoms with Crippen molar-refractivity contribution in [1.82, 2.24) is 0 Å². The van der Waals surface area contributed by atoms with E-state index in [0.29, 0.717) is 29.0 Å². The lowest BCUT2D eigenvalue weighted by Gasteiger charge is -2.09. The molecule has 6 nitrogen and oxygen atoms in total. The number of hydrogen-bond donors (Lipinski definition) is 0. The van der Waals surface area contributed by atoms with E-state index in [9.17, 15) is 9.59 Å². The summed E-state index contributed by atoms with van der Waals surface area (Å²) in [6, 6.07) is 13.2. The van der Waals surface area contributed by atoms with E-state index in [1.807, 2.05) is 0 Å². The molecule has 130 valence electrons. The van der Waals surface area contributed by atoms with E-state index in [4.69, 9.17) is 14.3 Å². The van der Waals surface area contributed by atoms with Crippen LogP contribution in [-0.4, -0.2) is 31.7 Å². The van der Waals surface area contributed by atoms with Crippen LogP contribution in [0.2, 0.25) is 0 Å². The maximum Gasteiger partial charge on any atom is 0.365 e. The first-order valence-corrected chi connectivity index (χ1v) is 7.70. The molecule has 0 spiro atoms. The average molecular weight is 341 g/mol. The Hall–Kier alpha value is -3.15. The van der Waals surface area contributed by atoms with Gasteiger partial charge in [0.05, 0.1) is 19.8 Å². The molecule has 0 aliphatic carbocycles. The van der Waals surface area contributed by atoms with Gasteiger partial charge >= 0.3 is 5.97 Å². The molecule has 0 N–H and O–H groups in total. The van der Waals surface area contributed by atoms with Crippen molar-refractivity contribution >= 4 is 17.5 Å². The van der Waals surface area contributed by atoms with Gasteiger partial charge in [0.15, 0.2) is 11.5 Å². The van der Waals surface area contributed by atoms with E-state index in [-0.39, 0.29) is 11.5 Å². The molecule has 2 aromatic rings. The standard InChI is InChI=1S/C19H19NO5/c1-4-15(20-25-19(22)13-8-6-5-7-9-13)18(21)14-10-11-16(23-2)17(12-14)24-3/h5-12H,4H2,1-3H3/b20-15+. The van der Waals surface area contributed by atoms with Crippen molar-refractivity contribution in [3.05, 3.63) is 59.7 Å². The highest BCUT2D eigenvalue weighted by atomic mass is 16.7. The molecule has 0 saturated heterocycles. The molecular weight excluding hydrogens is 322 g/mol. The van der Waals surface area contributed by atoms with Crippen molar-refractivity contribution in [3.8, 4) is 11.5 Å². The molecule has 0 aliphatic rings. The van der Waals surface area contributed by atoms with Gasteiger partial charge in [-0.15, -0.1) is 0 Å². The maximum atomic E-state index is 12.6. The summed E-state index contributed by atoms with van der Waals surface area (Å²) in [5.74, 6) is -0.00870. The quantitative estimate of drug-likeness (QED) is 0.333. The van der Waals surface area contributed by atoms with Crippen molar-refractivity contribution < 1.29 is 23.9 Å². The fraction of sp³-hybridized carbons (Fsp3) is 0.211. The van der Waals surface area contributed by atoms with Crippen molar-refractivity contribution in [3.63, 3.8) is 0 Å². The van der Waals surface area contributed by atoms with Crippen LogP contribution in [0.1, 0.15) is 34.1 Å². The first-order chi connectivity index (χ1) is 12.1. The first-order valence-electron chi connectivity index (χ1n) is 7.70. The Kier molecular flexibility index (Phi) is 6.28. The Morgan fingerprint density at radius 1 is 0.920 bits per heavy atom. The van der Waals surface area contributed by atoms with Crippen LogP contribution in [0.4, 0.5) is 0 Å². The van der Waals surface area contributed by atoms with E-state index in [1.54, 1.807) is 55.5 Å². The normalized spacial score (nSPS) is 10.9. The number of ether oxygens (including phenoxy) is 2. The molecule has 0 saturated carbocycles. The number of ketones is 1. The van der Waals surface area contributed by atoms with Crippen LogP contribution < -0.4 is 9.47 Å². The van der Waals surface area contributed by atoms with Gasteiger partial charge in [0.2, 0.25) is 5.78 Å². The molecule has 0 radical (unpaired) electrons. The van der Waals surface area contributed by atoms with Crippen LogP contribution in [0.25, 0.3) is 0 Å². The third-order valence-electron chi connectivity index (χ3n) is 3.49. The van der Waals surface area contributed by atoms with Crippen LogP contribution in [-0.2, 0) is 4.84 Å². The molecule has 0 unspecified atom stereocenters. The number of methoxy groups -OCH3 is 2. The van der Waals surface area contributed by atoms with E-state index >= 15 is 0 Å². The van der Waals surface area contributed by atoms with Crippen molar-refractivity contribution in [1.29, 1.82) is 0 Å². The van der Waals surface area contributed by atoms with Crippen LogP contribution in [0.15, 0.2) is 53.7 Å². The minimum atomic E-state index is -0.619. The molecular formula is C19H19NO5. The van der Waals surface area contributed by atoms with Crippen LogP contribution >= 0.6 is 0 Å².